The fraction of sp³-hybridized carbons (Fsp3) is 1.00. The van der Waals surface area contributed by atoms with Crippen LogP contribution in [0.4, 0.5) is 0 Å². The summed E-state index contributed by atoms with van der Waals surface area (Å²) in [6, 6.07) is 1.42. The predicted molar refractivity (Wildman–Crippen MR) is 75.5 cm³/mol. The van der Waals surface area contributed by atoms with Crippen LogP contribution in [-0.4, -0.2) is 62.7 Å². The zero-order valence-electron chi connectivity index (χ0n) is 12.4. The summed E-state index contributed by atoms with van der Waals surface area (Å²) in [5.41, 5.74) is 0. The van der Waals surface area contributed by atoms with E-state index in [4.69, 9.17) is 0 Å². The number of rotatable bonds is 6. The highest BCUT2D eigenvalue weighted by molar-refractivity contribution is 4.89. The van der Waals surface area contributed by atoms with Crippen LogP contribution in [-0.2, 0) is 0 Å². The van der Waals surface area contributed by atoms with E-state index in [9.17, 15) is 0 Å². The van der Waals surface area contributed by atoms with E-state index in [1.807, 2.05) is 0 Å². The Hall–Kier alpha value is -0.120. The maximum absolute atomic E-state index is 3.67. The van der Waals surface area contributed by atoms with E-state index in [-0.39, 0.29) is 0 Å². The van der Waals surface area contributed by atoms with Crippen LogP contribution in [0.15, 0.2) is 0 Å². The van der Waals surface area contributed by atoms with Crippen LogP contribution in [0, 0.1) is 5.92 Å². The molecule has 0 radical (unpaired) electrons. The minimum absolute atomic E-state index is 0.698. The van der Waals surface area contributed by atoms with Crippen molar-refractivity contribution in [1.82, 2.24) is 15.1 Å². The SMILES string of the molecule is CCNC1CCC(C)CC1N(C)CCN(C)C. The first-order valence-corrected chi connectivity index (χ1v) is 7.13. The molecule has 1 aliphatic rings. The van der Waals surface area contributed by atoms with E-state index < -0.39 is 0 Å². The molecule has 1 aliphatic carbocycles. The van der Waals surface area contributed by atoms with Gasteiger partial charge in [0.2, 0.25) is 0 Å². The highest BCUT2D eigenvalue weighted by Gasteiger charge is 2.30. The fourth-order valence-electron chi connectivity index (χ4n) is 2.86. The Morgan fingerprint density at radius 2 is 1.82 bits per heavy atom. The van der Waals surface area contributed by atoms with Crippen LogP contribution < -0.4 is 5.32 Å². The third-order valence-electron chi connectivity index (χ3n) is 4.01. The average molecular weight is 241 g/mol. The van der Waals surface area contributed by atoms with Crippen LogP contribution in [0.25, 0.3) is 0 Å². The van der Waals surface area contributed by atoms with Crippen molar-refractivity contribution in [3.05, 3.63) is 0 Å². The van der Waals surface area contributed by atoms with E-state index in [0.29, 0.717) is 6.04 Å². The minimum Gasteiger partial charge on any atom is -0.313 e. The van der Waals surface area contributed by atoms with E-state index in [1.165, 1.54) is 25.8 Å². The Kier molecular flexibility index (Phi) is 6.45. The Labute approximate surface area is 108 Å². The maximum atomic E-state index is 3.67. The summed E-state index contributed by atoms with van der Waals surface area (Å²) >= 11 is 0. The second-order valence-electron chi connectivity index (χ2n) is 5.93. The third kappa shape index (κ3) is 4.94. The number of hydrogen-bond donors (Lipinski definition) is 1. The summed E-state index contributed by atoms with van der Waals surface area (Å²) in [6.45, 7) is 8.04. The van der Waals surface area contributed by atoms with Gasteiger partial charge in [0.15, 0.2) is 0 Å². The van der Waals surface area contributed by atoms with Crippen molar-refractivity contribution >= 4 is 0 Å². The Balaban J connectivity index is 2.49. The molecule has 1 rings (SSSR count). The highest BCUT2D eigenvalue weighted by Crippen LogP contribution is 2.27. The molecular weight excluding hydrogens is 210 g/mol. The quantitative estimate of drug-likeness (QED) is 0.763. The first-order valence-electron chi connectivity index (χ1n) is 7.13. The molecule has 3 atom stereocenters. The van der Waals surface area contributed by atoms with Crippen LogP contribution >= 0.6 is 0 Å². The normalized spacial score (nSPS) is 30.2. The van der Waals surface area contributed by atoms with Gasteiger partial charge in [0.25, 0.3) is 0 Å². The molecule has 102 valence electrons. The summed E-state index contributed by atoms with van der Waals surface area (Å²) < 4.78 is 0. The molecule has 3 unspecified atom stereocenters. The van der Waals surface area contributed by atoms with Crippen LogP contribution in [0.5, 0.6) is 0 Å². The van der Waals surface area contributed by atoms with Gasteiger partial charge in [-0.25, -0.2) is 0 Å². The highest BCUT2D eigenvalue weighted by atomic mass is 15.2. The van der Waals surface area contributed by atoms with Crippen molar-refractivity contribution in [2.24, 2.45) is 5.92 Å². The molecule has 0 saturated heterocycles. The zero-order chi connectivity index (χ0) is 12.8. The fourth-order valence-corrected chi connectivity index (χ4v) is 2.86. The second-order valence-corrected chi connectivity index (χ2v) is 5.93. The molecule has 0 aromatic rings. The summed E-state index contributed by atoms with van der Waals surface area (Å²) in [5.74, 6) is 0.886. The Bertz CT molecular complexity index is 206. The standard InChI is InChI=1S/C14H31N3/c1-6-15-13-8-7-12(2)11-14(13)17(5)10-9-16(3)4/h12-15H,6-11H2,1-5H3. The van der Waals surface area contributed by atoms with E-state index in [0.717, 1.165) is 25.0 Å². The lowest BCUT2D eigenvalue weighted by Crippen LogP contribution is -2.52. The third-order valence-corrected chi connectivity index (χ3v) is 4.01. The molecule has 0 aromatic carbocycles. The molecule has 0 heterocycles. The lowest BCUT2D eigenvalue weighted by atomic mass is 9.82. The van der Waals surface area contributed by atoms with Crippen LogP contribution in [0.3, 0.4) is 0 Å². The van der Waals surface area contributed by atoms with Gasteiger partial charge in [-0.2, -0.15) is 0 Å². The molecule has 0 spiro atoms. The van der Waals surface area contributed by atoms with Gasteiger partial charge in [-0.1, -0.05) is 13.8 Å². The van der Waals surface area contributed by atoms with Gasteiger partial charge in [-0.15, -0.1) is 0 Å². The van der Waals surface area contributed by atoms with E-state index in [1.54, 1.807) is 0 Å². The molecule has 0 aliphatic heterocycles. The van der Waals surface area contributed by atoms with Gasteiger partial charge in [-0.3, -0.25) is 0 Å². The second kappa shape index (κ2) is 7.34. The molecule has 0 bridgehead atoms. The van der Waals surface area contributed by atoms with Gasteiger partial charge in [0.05, 0.1) is 0 Å². The van der Waals surface area contributed by atoms with Crippen molar-refractivity contribution in [2.45, 2.75) is 45.2 Å². The summed E-state index contributed by atoms with van der Waals surface area (Å²) in [7, 11) is 6.59. The number of nitrogens with one attached hydrogen (secondary N) is 1. The Morgan fingerprint density at radius 3 is 2.41 bits per heavy atom. The van der Waals surface area contributed by atoms with Gasteiger partial charge in [0.1, 0.15) is 0 Å². The molecule has 1 fully saturated rings. The van der Waals surface area contributed by atoms with Crippen LogP contribution in [0.2, 0.25) is 0 Å². The topological polar surface area (TPSA) is 18.5 Å². The Morgan fingerprint density at radius 1 is 1.12 bits per heavy atom. The largest absolute Gasteiger partial charge is 0.313 e. The maximum Gasteiger partial charge on any atom is 0.0249 e. The predicted octanol–water partition coefficient (Wildman–Crippen LogP) is 1.65. The summed E-state index contributed by atoms with van der Waals surface area (Å²) in [6.07, 6.45) is 4.07. The van der Waals surface area contributed by atoms with Crippen molar-refractivity contribution in [2.75, 3.05) is 40.8 Å². The van der Waals surface area contributed by atoms with Gasteiger partial charge < -0.3 is 15.1 Å². The number of likely N-dealkylation sites (N-methyl/N-ethyl adjacent to an activating group) is 3. The number of hydrogen-bond acceptors (Lipinski definition) is 3. The molecule has 1 saturated carbocycles. The molecule has 17 heavy (non-hydrogen) atoms. The van der Waals surface area contributed by atoms with Crippen molar-refractivity contribution in [3.8, 4) is 0 Å². The number of nitrogens with zero attached hydrogens (tertiary/aromatic N) is 2. The smallest absolute Gasteiger partial charge is 0.0249 e. The molecule has 0 amide bonds. The van der Waals surface area contributed by atoms with Crippen molar-refractivity contribution in [1.29, 1.82) is 0 Å². The summed E-state index contributed by atoms with van der Waals surface area (Å²) in [5, 5.41) is 3.67. The lowest BCUT2D eigenvalue weighted by molar-refractivity contribution is 0.118. The zero-order valence-corrected chi connectivity index (χ0v) is 12.4. The lowest BCUT2D eigenvalue weighted by Gasteiger charge is -2.41. The van der Waals surface area contributed by atoms with Crippen molar-refractivity contribution < 1.29 is 0 Å². The van der Waals surface area contributed by atoms with Crippen LogP contribution in [0.1, 0.15) is 33.1 Å². The van der Waals surface area contributed by atoms with E-state index >= 15 is 0 Å². The molecule has 3 nitrogen and oxygen atoms in total. The van der Waals surface area contributed by atoms with E-state index in [2.05, 4.69) is 50.1 Å². The summed E-state index contributed by atoms with van der Waals surface area (Å²) in [4.78, 5) is 4.83. The molecule has 1 N–H and O–H groups in total. The molecular formula is C14H31N3. The minimum atomic E-state index is 0.698. The van der Waals surface area contributed by atoms with Crippen molar-refractivity contribution in [3.63, 3.8) is 0 Å². The molecule has 0 aromatic heterocycles. The molecule has 3 heteroatoms. The first kappa shape index (κ1) is 14.9. The monoisotopic (exact) mass is 241 g/mol. The first-order chi connectivity index (χ1) is 8.04. The average Bonchev–Trinajstić information content (AvgIpc) is 2.28. The van der Waals surface area contributed by atoms with Gasteiger partial charge in [-0.05, 0) is 52.9 Å². The van der Waals surface area contributed by atoms with Gasteiger partial charge in [0, 0.05) is 25.2 Å². The van der Waals surface area contributed by atoms with Gasteiger partial charge >= 0.3 is 0 Å².